The van der Waals surface area contributed by atoms with Gasteiger partial charge in [-0.2, -0.15) is 18.4 Å². The fourth-order valence-corrected chi connectivity index (χ4v) is 5.92. The highest BCUT2D eigenvalue weighted by Crippen LogP contribution is 2.46. The van der Waals surface area contributed by atoms with E-state index in [1.54, 1.807) is 12.2 Å². The molecule has 0 amide bonds. The van der Waals surface area contributed by atoms with Gasteiger partial charge in [0.25, 0.3) is 0 Å². The molecule has 24 heavy (non-hydrogen) atoms. The van der Waals surface area contributed by atoms with Gasteiger partial charge in [0, 0.05) is 12.5 Å². The molecule has 0 spiro atoms. The molecule has 126 valence electrons. The van der Waals surface area contributed by atoms with Gasteiger partial charge in [0.05, 0.1) is 35.1 Å². The number of fused-ring (bicyclic) bond motifs is 5. The third-order valence-corrected chi connectivity index (χ3v) is 7.00. The summed E-state index contributed by atoms with van der Waals surface area (Å²) in [6, 6.07) is 4.46. The third-order valence-electron chi connectivity index (χ3n) is 4.72. The first-order chi connectivity index (χ1) is 11.2. The van der Waals surface area contributed by atoms with Crippen LogP contribution in [0.25, 0.3) is 0 Å². The predicted octanol–water partition coefficient (Wildman–Crippen LogP) is 2.05. The lowest BCUT2D eigenvalue weighted by atomic mass is 9.94. The molecule has 4 rings (SSSR count). The highest BCUT2D eigenvalue weighted by molar-refractivity contribution is 7.93. The average Bonchev–Trinajstić information content (AvgIpc) is 3.18. The molecule has 0 aliphatic carbocycles. The maximum Gasteiger partial charge on any atom is 0.417 e. The largest absolute Gasteiger partial charge is 0.417 e. The number of hydrogen-bond donors (Lipinski definition) is 0. The number of nitriles is 1. The Kier molecular flexibility index (Phi) is 3.06. The van der Waals surface area contributed by atoms with Crippen LogP contribution in [0.1, 0.15) is 11.1 Å². The van der Waals surface area contributed by atoms with Crippen molar-refractivity contribution in [3.05, 3.63) is 41.5 Å². The van der Waals surface area contributed by atoms with Crippen molar-refractivity contribution in [2.24, 2.45) is 5.92 Å². The number of halogens is 3. The van der Waals surface area contributed by atoms with Gasteiger partial charge in [-0.1, -0.05) is 12.2 Å². The second kappa shape index (κ2) is 4.74. The Morgan fingerprint density at radius 3 is 2.58 bits per heavy atom. The van der Waals surface area contributed by atoms with E-state index in [0.29, 0.717) is 0 Å². The third kappa shape index (κ3) is 1.99. The number of nitrogens with zero attached hydrogens (tertiary/aromatic N) is 2. The van der Waals surface area contributed by atoms with Gasteiger partial charge in [-0.05, 0) is 18.2 Å². The van der Waals surface area contributed by atoms with E-state index in [1.165, 1.54) is 12.1 Å². The summed E-state index contributed by atoms with van der Waals surface area (Å²) in [6.07, 6.45) is -2.11. The molecule has 0 saturated carbocycles. The molecular weight excluding hydrogens is 345 g/mol. The second-order valence-corrected chi connectivity index (χ2v) is 8.01. The fraction of sp³-hybridized carbons (Fsp3) is 0.400. The molecule has 0 aromatic heterocycles. The van der Waals surface area contributed by atoms with Gasteiger partial charge in [0.2, 0.25) is 10.0 Å². The van der Waals surface area contributed by atoms with Crippen molar-refractivity contribution in [3.8, 4) is 6.07 Å². The zero-order valence-corrected chi connectivity index (χ0v) is 12.9. The first-order valence-electron chi connectivity index (χ1n) is 7.20. The van der Waals surface area contributed by atoms with Crippen molar-refractivity contribution < 1.29 is 26.3 Å². The molecule has 4 atom stereocenters. The van der Waals surface area contributed by atoms with Crippen LogP contribution in [-0.2, 0) is 20.9 Å². The summed E-state index contributed by atoms with van der Waals surface area (Å²) in [6.45, 7) is 0.0711. The Morgan fingerprint density at radius 2 is 1.96 bits per heavy atom. The summed E-state index contributed by atoms with van der Waals surface area (Å²) in [5.74, 6) is -0.296. The molecule has 1 aromatic rings. The summed E-state index contributed by atoms with van der Waals surface area (Å²) < 4.78 is 71.4. The highest BCUT2D eigenvalue weighted by atomic mass is 32.2. The minimum atomic E-state index is -4.73. The van der Waals surface area contributed by atoms with Crippen molar-refractivity contribution in [2.75, 3.05) is 10.8 Å². The molecule has 9 heteroatoms. The maximum absolute atomic E-state index is 13.1. The molecule has 5 nitrogen and oxygen atoms in total. The monoisotopic (exact) mass is 356 g/mol. The minimum absolute atomic E-state index is 0.0711. The molecule has 3 aliphatic heterocycles. The molecule has 2 fully saturated rings. The van der Waals surface area contributed by atoms with Crippen LogP contribution in [0.3, 0.4) is 0 Å². The zero-order chi connectivity index (χ0) is 17.3. The van der Waals surface area contributed by atoms with Gasteiger partial charge >= 0.3 is 6.18 Å². The van der Waals surface area contributed by atoms with Crippen molar-refractivity contribution in [2.45, 2.75) is 23.6 Å². The van der Waals surface area contributed by atoms with Crippen LogP contribution >= 0.6 is 0 Å². The smallest absolute Gasteiger partial charge is 0.365 e. The van der Waals surface area contributed by atoms with Crippen molar-refractivity contribution in [1.82, 2.24) is 0 Å². The lowest BCUT2D eigenvalue weighted by Gasteiger charge is -2.22. The van der Waals surface area contributed by atoms with Crippen LogP contribution in [0, 0.1) is 17.2 Å². The zero-order valence-electron chi connectivity index (χ0n) is 12.1. The van der Waals surface area contributed by atoms with Crippen LogP contribution in [0.15, 0.2) is 30.4 Å². The van der Waals surface area contributed by atoms with Gasteiger partial charge in [-0.3, -0.25) is 4.31 Å². The Bertz CT molecular complexity index is 888. The lowest BCUT2D eigenvalue weighted by Crippen LogP contribution is -2.35. The number of sulfonamides is 1. The number of ether oxygens (including phenoxy) is 1. The van der Waals surface area contributed by atoms with E-state index >= 15 is 0 Å². The summed E-state index contributed by atoms with van der Waals surface area (Å²) >= 11 is 0. The van der Waals surface area contributed by atoms with Gasteiger partial charge in [0.1, 0.15) is 5.25 Å². The van der Waals surface area contributed by atoms with Crippen LogP contribution in [0.2, 0.25) is 0 Å². The first kappa shape index (κ1) is 15.5. The predicted molar refractivity (Wildman–Crippen MR) is 77.5 cm³/mol. The summed E-state index contributed by atoms with van der Waals surface area (Å²) in [5, 5.41) is 8.08. The lowest BCUT2D eigenvalue weighted by molar-refractivity contribution is -0.137. The molecule has 2 bridgehead atoms. The SMILES string of the molecule is N#Cc1ccc(N2C[C@@H]3[C@@H]([C@@H]4C=C[C@H]3O4)S2(=O)=O)cc1C(F)(F)F. The number of alkyl halides is 3. The van der Waals surface area contributed by atoms with Gasteiger partial charge in [-0.25, -0.2) is 8.42 Å². The Labute approximate surface area is 136 Å². The fourth-order valence-electron chi connectivity index (χ4n) is 3.66. The molecule has 3 heterocycles. The average molecular weight is 356 g/mol. The van der Waals surface area contributed by atoms with E-state index < -0.39 is 38.7 Å². The van der Waals surface area contributed by atoms with E-state index in [1.807, 2.05) is 0 Å². The quantitative estimate of drug-likeness (QED) is 0.722. The molecule has 3 aliphatic rings. The van der Waals surface area contributed by atoms with Crippen LogP contribution < -0.4 is 4.31 Å². The second-order valence-electron chi connectivity index (χ2n) is 5.99. The molecule has 0 unspecified atom stereocenters. The Hall–Kier alpha value is -2.05. The molecule has 1 aromatic carbocycles. The highest BCUT2D eigenvalue weighted by Gasteiger charge is 2.59. The molecule has 0 N–H and O–H groups in total. The van der Waals surface area contributed by atoms with Gasteiger partial charge in [-0.15, -0.1) is 0 Å². The van der Waals surface area contributed by atoms with Gasteiger partial charge in [0.15, 0.2) is 0 Å². The van der Waals surface area contributed by atoms with Crippen molar-refractivity contribution in [3.63, 3.8) is 0 Å². The standard InChI is InChI=1S/C15H11F3N2O3S/c16-15(17,18)11-5-9(2-1-8(11)6-19)20-7-10-12-3-4-13(23-12)14(10)24(20,21)22/h1-5,10,12-14H,7H2/t10-,12+,13-,14-/m0/s1. The van der Waals surface area contributed by atoms with Crippen molar-refractivity contribution >= 4 is 15.7 Å². The number of anilines is 1. The summed E-state index contributed by atoms with van der Waals surface area (Å²) in [4.78, 5) is 0. The summed E-state index contributed by atoms with van der Waals surface area (Å²) in [7, 11) is -3.82. The maximum atomic E-state index is 13.1. The van der Waals surface area contributed by atoms with Crippen LogP contribution in [-0.4, -0.2) is 32.4 Å². The van der Waals surface area contributed by atoms with Crippen molar-refractivity contribution in [1.29, 1.82) is 5.26 Å². The number of benzene rings is 1. The number of rotatable bonds is 1. The van der Waals surface area contributed by atoms with Crippen LogP contribution in [0.5, 0.6) is 0 Å². The van der Waals surface area contributed by atoms with Crippen LogP contribution in [0.4, 0.5) is 18.9 Å². The van der Waals surface area contributed by atoms with E-state index in [-0.39, 0.29) is 24.3 Å². The molecule has 2 saturated heterocycles. The molecular formula is C15H11F3N2O3S. The number of hydrogen-bond acceptors (Lipinski definition) is 4. The minimum Gasteiger partial charge on any atom is -0.365 e. The van der Waals surface area contributed by atoms with E-state index in [2.05, 4.69) is 0 Å². The van der Waals surface area contributed by atoms with E-state index in [9.17, 15) is 21.6 Å². The topological polar surface area (TPSA) is 70.4 Å². The van der Waals surface area contributed by atoms with E-state index in [4.69, 9.17) is 10.00 Å². The Balaban J connectivity index is 1.77. The van der Waals surface area contributed by atoms with E-state index in [0.717, 1.165) is 16.4 Å². The normalized spacial score (nSPS) is 32.8. The first-order valence-corrected chi connectivity index (χ1v) is 8.70. The molecule has 0 radical (unpaired) electrons. The summed E-state index contributed by atoms with van der Waals surface area (Å²) in [5.41, 5.74) is -1.74. The Morgan fingerprint density at radius 1 is 1.25 bits per heavy atom. The van der Waals surface area contributed by atoms with Gasteiger partial charge < -0.3 is 4.74 Å².